The standard InChI is InChI=1S/C30H33N3O5/c1-4-10-26-32-27-19(2)15-22(17-24(27)33(26)18-21-13-8-9-14-25(21)38-3)29(35)31-23(28(34)30(36)37)16-20-11-6-5-7-12-20/h5-9,11-15,17,23,28,34H,4,10,16,18H2,1-3H3,(H,31,35)(H,36,37)/t23-,28-/m1/s1. The largest absolute Gasteiger partial charge is 0.496 e. The summed E-state index contributed by atoms with van der Waals surface area (Å²) in [6, 6.07) is 19.5. The van der Waals surface area contributed by atoms with Crippen LogP contribution < -0.4 is 10.1 Å². The number of aliphatic carboxylic acids is 1. The molecule has 0 fully saturated rings. The molecule has 1 aromatic heterocycles. The lowest BCUT2D eigenvalue weighted by molar-refractivity contribution is -0.148. The monoisotopic (exact) mass is 515 g/mol. The van der Waals surface area contributed by atoms with Crippen molar-refractivity contribution in [3.05, 3.63) is 94.8 Å². The van der Waals surface area contributed by atoms with Crippen LogP contribution in [0, 0.1) is 6.92 Å². The van der Waals surface area contributed by atoms with Crippen molar-refractivity contribution in [1.82, 2.24) is 14.9 Å². The number of benzene rings is 3. The van der Waals surface area contributed by atoms with E-state index in [1.165, 1.54) is 0 Å². The van der Waals surface area contributed by atoms with Gasteiger partial charge in [0.25, 0.3) is 5.91 Å². The number of fused-ring (bicyclic) bond motifs is 1. The molecule has 3 N–H and O–H groups in total. The molecular formula is C30H33N3O5. The smallest absolute Gasteiger partial charge is 0.334 e. The highest BCUT2D eigenvalue weighted by atomic mass is 16.5. The number of carbonyl (C=O) groups excluding carboxylic acids is 1. The van der Waals surface area contributed by atoms with Crippen LogP contribution in [0.5, 0.6) is 5.75 Å². The van der Waals surface area contributed by atoms with Crippen molar-refractivity contribution in [2.24, 2.45) is 0 Å². The summed E-state index contributed by atoms with van der Waals surface area (Å²) < 4.78 is 7.66. The molecule has 0 spiro atoms. The molecule has 0 bridgehead atoms. The third-order valence-electron chi connectivity index (χ3n) is 6.63. The lowest BCUT2D eigenvalue weighted by Crippen LogP contribution is -2.48. The van der Waals surface area contributed by atoms with Crippen LogP contribution in [0.25, 0.3) is 11.0 Å². The zero-order chi connectivity index (χ0) is 27.2. The van der Waals surface area contributed by atoms with Crippen molar-refractivity contribution in [2.45, 2.75) is 51.8 Å². The Hall–Kier alpha value is -4.17. The Bertz CT molecular complexity index is 1430. The number of imidazole rings is 1. The summed E-state index contributed by atoms with van der Waals surface area (Å²) >= 11 is 0. The summed E-state index contributed by atoms with van der Waals surface area (Å²) in [5.41, 5.74) is 4.63. The SMILES string of the molecule is CCCc1nc2c(C)cc(C(=O)N[C@H](Cc3ccccc3)[C@@H](O)C(=O)O)cc2n1Cc1ccccc1OC. The molecule has 0 aliphatic heterocycles. The maximum absolute atomic E-state index is 13.4. The number of hydrogen-bond donors (Lipinski definition) is 3. The van der Waals surface area contributed by atoms with Crippen LogP contribution in [-0.4, -0.2) is 50.9 Å². The highest BCUT2D eigenvalue weighted by Crippen LogP contribution is 2.27. The van der Waals surface area contributed by atoms with E-state index in [1.807, 2.05) is 61.5 Å². The number of hydrogen-bond acceptors (Lipinski definition) is 5. The summed E-state index contributed by atoms with van der Waals surface area (Å²) in [7, 11) is 1.64. The Morgan fingerprint density at radius 3 is 2.47 bits per heavy atom. The maximum Gasteiger partial charge on any atom is 0.334 e. The van der Waals surface area contributed by atoms with Crippen molar-refractivity contribution < 1.29 is 24.5 Å². The number of methoxy groups -OCH3 is 1. The van der Waals surface area contributed by atoms with Gasteiger partial charge in [-0.15, -0.1) is 0 Å². The first kappa shape index (κ1) is 26.9. The topological polar surface area (TPSA) is 114 Å². The Balaban J connectivity index is 1.71. The third-order valence-corrected chi connectivity index (χ3v) is 6.63. The molecule has 0 unspecified atom stereocenters. The first-order valence-electron chi connectivity index (χ1n) is 12.7. The van der Waals surface area contributed by atoms with Crippen LogP contribution in [0.15, 0.2) is 66.7 Å². The van der Waals surface area contributed by atoms with Crippen molar-refractivity contribution in [2.75, 3.05) is 7.11 Å². The van der Waals surface area contributed by atoms with E-state index in [1.54, 1.807) is 19.2 Å². The molecule has 4 rings (SSSR count). The van der Waals surface area contributed by atoms with Crippen molar-refractivity contribution in [1.29, 1.82) is 0 Å². The molecule has 3 aromatic carbocycles. The van der Waals surface area contributed by atoms with Gasteiger partial charge >= 0.3 is 5.97 Å². The average molecular weight is 516 g/mol. The molecule has 1 amide bonds. The van der Waals surface area contributed by atoms with E-state index in [9.17, 15) is 19.8 Å². The van der Waals surface area contributed by atoms with E-state index in [4.69, 9.17) is 9.72 Å². The van der Waals surface area contributed by atoms with E-state index in [0.717, 1.165) is 52.1 Å². The van der Waals surface area contributed by atoms with Crippen LogP contribution in [0.2, 0.25) is 0 Å². The molecule has 2 atom stereocenters. The zero-order valence-corrected chi connectivity index (χ0v) is 21.8. The first-order chi connectivity index (χ1) is 18.3. The summed E-state index contributed by atoms with van der Waals surface area (Å²) in [6.07, 6.45) is 0.106. The van der Waals surface area contributed by atoms with E-state index >= 15 is 0 Å². The highest BCUT2D eigenvalue weighted by Gasteiger charge is 2.28. The van der Waals surface area contributed by atoms with Gasteiger partial charge in [-0.05, 0) is 49.1 Å². The van der Waals surface area contributed by atoms with Crippen molar-refractivity contribution in [3.8, 4) is 5.75 Å². The molecule has 0 saturated carbocycles. The number of rotatable bonds is 11. The number of nitrogens with zero attached hydrogens (tertiary/aromatic N) is 2. The molecule has 8 nitrogen and oxygen atoms in total. The second-order valence-corrected chi connectivity index (χ2v) is 9.39. The summed E-state index contributed by atoms with van der Waals surface area (Å²) in [5, 5.41) is 22.6. The van der Waals surface area contributed by atoms with Crippen LogP contribution in [0.1, 0.15) is 46.2 Å². The van der Waals surface area contributed by atoms with Gasteiger partial charge in [0.2, 0.25) is 0 Å². The minimum Gasteiger partial charge on any atom is -0.496 e. The maximum atomic E-state index is 13.4. The van der Waals surface area contributed by atoms with Gasteiger partial charge in [-0.1, -0.05) is 55.5 Å². The number of aliphatic hydroxyl groups is 1. The molecule has 198 valence electrons. The quantitative estimate of drug-likeness (QED) is 0.277. The minimum atomic E-state index is -1.75. The van der Waals surface area contributed by atoms with Gasteiger partial charge in [-0.2, -0.15) is 0 Å². The van der Waals surface area contributed by atoms with Gasteiger partial charge in [0.05, 0.1) is 30.7 Å². The Labute approximate surface area is 221 Å². The van der Waals surface area contributed by atoms with Crippen LogP contribution >= 0.6 is 0 Å². The lowest BCUT2D eigenvalue weighted by Gasteiger charge is -2.22. The molecule has 38 heavy (non-hydrogen) atoms. The Morgan fingerprint density at radius 2 is 1.79 bits per heavy atom. The molecule has 0 aliphatic carbocycles. The molecule has 4 aromatic rings. The molecule has 8 heteroatoms. The van der Waals surface area contributed by atoms with Crippen molar-refractivity contribution >= 4 is 22.9 Å². The number of carboxylic acid groups (broad SMARTS) is 1. The summed E-state index contributed by atoms with van der Waals surface area (Å²) in [6.45, 7) is 4.52. The summed E-state index contributed by atoms with van der Waals surface area (Å²) in [4.78, 5) is 29.9. The van der Waals surface area contributed by atoms with Gasteiger partial charge in [0.15, 0.2) is 6.10 Å². The molecule has 0 saturated heterocycles. The number of ether oxygens (including phenoxy) is 1. The van der Waals surface area contributed by atoms with Gasteiger partial charge in [-0.3, -0.25) is 4.79 Å². The highest BCUT2D eigenvalue weighted by molar-refractivity contribution is 5.99. The predicted molar refractivity (Wildman–Crippen MR) is 146 cm³/mol. The molecule has 0 radical (unpaired) electrons. The number of nitrogens with one attached hydrogen (secondary N) is 1. The van der Waals surface area contributed by atoms with Gasteiger partial charge in [0, 0.05) is 17.5 Å². The third kappa shape index (κ3) is 5.86. The number of aromatic nitrogens is 2. The Kier molecular flexibility index (Phi) is 8.43. The lowest BCUT2D eigenvalue weighted by atomic mass is 10.0. The Morgan fingerprint density at radius 1 is 1.08 bits per heavy atom. The van der Waals surface area contributed by atoms with Crippen molar-refractivity contribution in [3.63, 3.8) is 0 Å². The van der Waals surface area contributed by atoms with E-state index in [0.29, 0.717) is 12.1 Å². The second kappa shape index (κ2) is 11.9. The number of aliphatic hydroxyl groups excluding tert-OH is 1. The molecule has 1 heterocycles. The van der Waals surface area contributed by atoms with Crippen LogP contribution in [0.4, 0.5) is 0 Å². The normalized spacial score (nSPS) is 12.7. The van der Waals surface area contributed by atoms with E-state index in [-0.39, 0.29) is 6.42 Å². The number of carboxylic acids is 1. The molecule has 0 aliphatic rings. The molecular weight excluding hydrogens is 482 g/mol. The second-order valence-electron chi connectivity index (χ2n) is 9.39. The van der Waals surface area contributed by atoms with Crippen LogP contribution in [0.3, 0.4) is 0 Å². The number of carbonyl (C=O) groups is 2. The number of para-hydroxylation sites is 1. The van der Waals surface area contributed by atoms with E-state index < -0.39 is 24.0 Å². The summed E-state index contributed by atoms with van der Waals surface area (Å²) in [5.74, 6) is -0.165. The predicted octanol–water partition coefficient (Wildman–Crippen LogP) is 4.14. The zero-order valence-electron chi connectivity index (χ0n) is 21.8. The average Bonchev–Trinajstić information content (AvgIpc) is 3.26. The number of aryl methyl sites for hydroxylation is 2. The van der Waals surface area contributed by atoms with Gasteiger partial charge in [0.1, 0.15) is 11.6 Å². The van der Waals surface area contributed by atoms with E-state index in [2.05, 4.69) is 16.8 Å². The fourth-order valence-electron chi connectivity index (χ4n) is 4.70. The minimum absolute atomic E-state index is 0.174. The van der Waals surface area contributed by atoms with Gasteiger partial charge < -0.3 is 24.8 Å². The fraction of sp³-hybridized carbons (Fsp3) is 0.300. The van der Waals surface area contributed by atoms with Gasteiger partial charge in [-0.25, -0.2) is 9.78 Å². The van der Waals surface area contributed by atoms with Crippen LogP contribution in [-0.2, 0) is 24.2 Å². The first-order valence-corrected chi connectivity index (χ1v) is 12.7. The number of amides is 1. The fourth-order valence-corrected chi connectivity index (χ4v) is 4.70.